The van der Waals surface area contributed by atoms with Gasteiger partial charge in [-0.2, -0.15) is 0 Å². The quantitative estimate of drug-likeness (QED) is 0.611. The van der Waals surface area contributed by atoms with Crippen LogP contribution < -0.4 is 14.2 Å². The number of hydrogen-bond acceptors (Lipinski definition) is 7. The molecule has 0 bridgehead atoms. The Morgan fingerprint density at radius 1 is 1.12 bits per heavy atom. The van der Waals surface area contributed by atoms with Crippen molar-refractivity contribution in [3.8, 4) is 11.5 Å². The Hall–Kier alpha value is -2.33. The number of hydrogen-bond donors (Lipinski definition) is 1. The number of nitrogens with one attached hydrogen (secondary N) is 1. The molecule has 10 heteroatoms. The van der Waals surface area contributed by atoms with Crippen LogP contribution in [0.3, 0.4) is 0 Å². The van der Waals surface area contributed by atoms with Gasteiger partial charge in [-0.1, -0.05) is 0 Å². The third-order valence-electron chi connectivity index (χ3n) is 5.75. The first-order chi connectivity index (χ1) is 15.2. The third-order valence-corrected chi connectivity index (χ3v) is 7.21. The number of fused-ring (bicyclic) bond motifs is 1. The van der Waals surface area contributed by atoms with E-state index in [9.17, 15) is 18.0 Å². The van der Waals surface area contributed by atoms with Crippen molar-refractivity contribution in [2.24, 2.45) is 0 Å². The van der Waals surface area contributed by atoms with E-state index in [4.69, 9.17) is 14.2 Å². The minimum absolute atomic E-state index is 0.0201. The molecule has 2 aliphatic rings. The Bertz CT molecular complexity index is 924. The van der Waals surface area contributed by atoms with Crippen LogP contribution in [-0.4, -0.2) is 63.1 Å². The first-order valence-electron chi connectivity index (χ1n) is 11.1. The zero-order chi connectivity index (χ0) is 23.3. The monoisotopic (exact) mass is 468 g/mol. The molecular weight excluding hydrogens is 436 g/mol. The molecule has 9 nitrogen and oxygen atoms in total. The second-order valence-corrected chi connectivity index (χ2v) is 10.1. The zero-order valence-corrected chi connectivity index (χ0v) is 19.7. The van der Waals surface area contributed by atoms with Gasteiger partial charge in [-0.3, -0.25) is 9.59 Å². The molecule has 0 spiro atoms. The molecule has 3 rings (SSSR count). The van der Waals surface area contributed by atoms with Crippen LogP contribution in [0, 0.1) is 0 Å². The number of nitrogens with zero attached hydrogens (tertiary/aromatic N) is 1. The number of rotatable bonds is 7. The van der Waals surface area contributed by atoms with Crippen LogP contribution in [0.5, 0.6) is 11.5 Å². The van der Waals surface area contributed by atoms with Gasteiger partial charge in [0.2, 0.25) is 10.0 Å². The van der Waals surface area contributed by atoms with Crippen molar-refractivity contribution in [1.82, 2.24) is 9.62 Å². The van der Waals surface area contributed by atoms with Crippen molar-refractivity contribution in [3.63, 3.8) is 0 Å². The maximum Gasteiger partial charge on any atom is 0.307 e. The van der Waals surface area contributed by atoms with E-state index in [1.165, 1.54) is 12.1 Å². The number of piperidine rings is 1. The predicted molar refractivity (Wildman–Crippen MR) is 117 cm³/mol. The van der Waals surface area contributed by atoms with E-state index in [1.807, 2.05) is 13.8 Å². The second kappa shape index (κ2) is 10.5. The van der Waals surface area contributed by atoms with E-state index in [0.29, 0.717) is 31.1 Å². The van der Waals surface area contributed by atoms with Gasteiger partial charge in [0.05, 0.1) is 24.5 Å². The van der Waals surface area contributed by atoms with E-state index in [2.05, 4.69) is 4.72 Å². The molecule has 1 aromatic rings. The first-order valence-corrected chi connectivity index (χ1v) is 12.6. The van der Waals surface area contributed by atoms with Crippen molar-refractivity contribution in [2.45, 2.75) is 76.0 Å². The number of carbonyl (C=O) groups is 2. The molecule has 1 fully saturated rings. The topological polar surface area (TPSA) is 111 Å². The molecule has 0 aliphatic carbocycles. The number of benzene rings is 1. The molecule has 1 amide bonds. The molecule has 1 aromatic carbocycles. The minimum Gasteiger partial charge on any atom is -0.490 e. The smallest absolute Gasteiger partial charge is 0.307 e. The minimum atomic E-state index is -3.85. The zero-order valence-electron chi connectivity index (χ0n) is 18.8. The Balaban J connectivity index is 1.50. The van der Waals surface area contributed by atoms with E-state index < -0.39 is 22.1 Å². The number of sulfonamides is 1. The van der Waals surface area contributed by atoms with Gasteiger partial charge in [0.25, 0.3) is 5.91 Å². The summed E-state index contributed by atoms with van der Waals surface area (Å²) in [6, 6.07) is 4.60. The van der Waals surface area contributed by atoms with Crippen molar-refractivity contribution in [3.05, 3.63) is 18.2 Å². The highest BCUT2D eigenvalue weighted by atomic mass is 32.2. The van der Waals surface area contributed by atoms with Crippen LogP contribution in [0.1, 0.15) is 52.9 Å². The van der Waals surface area contributed by atoms with Gasteiger partial charge in [0.15, 0.2) is 17.6 Å². The van der Waals surface area contributed by atoms with Crippen LogP contribution in [0.25, 0.3) is 0 Å². The molecule has 0 aromatic heterocycles. The SMILES string of the molecule is C[C@H](OC(=O)CCNS(=O)(=O)c1ccc2c(c1)OCCCO2)C(=O)N1[C@H](C)CCC[C@@H]1C. The highest BCUT2D eigenvalue weighted by Crippen LogP contribution is 2.31. The molecule has 32 heavy (non-hydrogen) atoms. The largest absolute Gasteiger partial charge is 0.490 e. The highest BCUT2D eigenvalue weighted by Gasteiger charge is 2.33. The summed E-state index contributed by atoms with van der Waals surface area (Å²) >= 11 is 0. The van der Waals surface area contributed by atoms with Crippen LogP contribution in [-0.2, 0) is 24.3 Å². The van der Waals surface area contributed by atoms with Crippen LogP contribution in [0.4, 0.5) is 0 Å². The molecular formula is C22H32N2O7S. The molecule has 0 radical (unpaired) electrons. The van der Waals surface area contributed by atoms with E-state index in [0.717, 1.165) is 19.3 Å². The molecule has 1 saturated heterocycles. The fraction of sp³-hybridized carbons (Fsp3) is 0.636. The Kier molecular flexibility index (Phi) is 8.00. The average Bonchev–Trinajstić information content (AvgIpc) is 2.98. The van der Waals surface area contributed by atoms with E-state index in [1.54, 1.807) is 17.9 Å². The fourth-order valence-electron chi connectivity index (χ4n) is 4.05. The van der Waals surface area contributed by atoms with Gasteiger partial charge < -0.3 is 19.1 Å². The summed E-state index contributed by atoms with van der Waals surface area (Å²) in [4.78, 5) is 26.7. The Labute approximate surface area is 189 Å². The van der Waals surface area contributed by atoms with Crippen molar-refractivity contribution < 1.29 is 32.2 Å². The molecule has 0 saturated carbocycles. The number of carbonyl (C=O) groups excluding carboxylic acids is 2. The third kappa shape index (κ3) is 5.92. The summed E-state index contributed by atoms with van der Waals surface area (Å²) in [6.07, 6.45) is 2.55. The first kappa shape index (κ1) is 24.3. The molecule has 178 valence electrons. The lowest BCUT2D eigenvalue weighted by Gasteiger charge is -2.40. The van der Waals surface area contributed by atoms with Crippen LogP contribution in [0.2, 0.25) is 0 Å². The summed E-state index contributed by atoms with van der Waals surface area (Å²) in [6.45, 7) is 6.36. The number of ether oxygens (including phenoxy) is 3. The van der Waals surface area contributed by atoms with Gasteiger partial charge in [-0.05, 0) is 52.2 Å². The number of amides is 1. The second-order valence-electron chi connectivity index (χ2n) is 8.31. The van der Waals surface area contributed by atoms with Crippen LogP contribution >= 0.6 is 0 Å². The molecule has 2 heterocycles. The standard InChI is InChI=1S/C22H32N2O7S/c1-15-6-4-7-16(2)24(15)22(26)17(3)31-21(25)10-11-23-32(27,28)18-8-9-19-20(14-18)30-13-5-12-29-19/h8-9,14-17,23H,4-7,10-13H2,1-3H3/t15-,16+,17-/m0/s1. The summed E-state index contributed by atoms with van der Waals surface area (Å²) in [7, 11) is -3.85. The normalized spacial score (nSPS) is 22.0. The number of esters is 1. The molecule has 1 N–H and O–H groups in total. The molecule has 3 atom stereocenters. The Morgan fingerprint density at radius 3 is 2.47 bits per heavy atom. The number of likely N-dealkylation sites (tertiary alicyclic amines) is 1. The van der Waals surface area contributed by atoms with Gasteiger partial charge in [0.1, 0.15) is 0 Å². The maximum absolute atomic E-state index is 12.7. The predicted octanol–water partition coefficient (Wildman–Crippen LogP) is 2.24. The van der Waals surface area contributed by atoms with Gasteiger partial charge in [-0.25, -0.2) is 13.1 Å². The average molecular weight is 469 g/mol. The lowest BCUT2D eigenvalue weighted by Crippen LogP contribution is -2.51. The van der Waals surface area contributed by atoms with Crippen molar-refractivity contribution in [1.29, 1.82) is 0 Å². The summed E-state index contributed by atoms with van der Waals surface area (Å²) in [5.41, 5.74) is 0. The van der Waals surface area contributed by atoms with Gasteiger partial charge in [-0.15, -0.1) is 0 Å². The molecule has 2 aliphatic heterocycles. The van der Waals surface area contributed by atoms with Gasteiger partial charge >= 0.3 is 5.97 Å². The van der Waals surface area contributed by atoms with Gasteiger partial charge in [0, 0.05) is 31.1 Å². The Morgan fingerprint density at radius 2 is 1.78 bits per heavy atom. The van der Waals surface area contributed by atoms with E-state index in [-0.39, 0.29) is 35.9 Å². The lowest BCUT2D eigenvalue weighted by molar-refractivity contribution is -0.162. The summed E-state index contributed by atoms with van der Waals surface area (Å²) in [5.74, 6) is 0.0228. The van der Waals surface area contributed by atoms with Crippen LogP contribution in [0.15, 0.2) is 23.1 Å². The lowest BCUT2D eigenvalue weighted by atomic mass is 9.97. The molecule has 0 unspecified atom stereocenters. The summed E-state index contributed by atoms with van der Waals surface area (Å²) < 4.78 is 43.8. The fourth-order valence-corrected chi connectivity index (χ4v) is 5.10. The van der Waals surface area contributed by atoms with Crippen molar-refractivity contribution >= 4 is 21.9 Å². The van der Waals surface area contributed by atoms with E-state index >= 15 is 0 Å². The maximum atomic E-state index is 12.7. The van der Waals surface area contributed by atoms with Crippen molar-refractivity contribution in [2.75, 3.05) is 19.8 Å². The highest BCUT2D eigenvalue weighted by molar-refractivity contribution is 7.89. The summed E-state index contributed by atoms with van der Waals surface area (Å²) in [5, 5.41) is 0.